The summed E-state index contributed by atoms with van der Waals surface area (Å²) < 4.78 is 22.8. The van der Waals surface area contributed by atoms with E-state index in [1.807, 2.05) is 42.5 Å². The molecule has 5 N–H and O–H groups in total. The smallest absolute Gasteiger partial charge is 0.306 e. The average molecular weight is 759 g/mol. The predicted octanol–water partition coefficient (Wildman–Crippen LogP) is 5.71. The van der Waals surface area contributed by atoms with Crippen molar-refractivity contribution in [1.29, 1.82) is 0 Å². The predicted molar refractivity (Wildman–Crippen MR) is 193 cm³/mol. The number of methoxy groups -OCH3 is 2. The van der Waals surface area contributed by atoms with E-state index in [4.69, 9.17) is 52.4 Å². The third-order valence-corrected chi connectivity index (χ3v) is 8.80. The van der Waals surface area contributed by atoms with Gasteiger partial charge in [0, 0.05) is 58.6 Å². The number of pyridine rings is 2. The fourth-order valence-corrected chi connectivity index (χ4v) is 5.89. The molecule has 0 radical (unpaired) electrons. The molecule has 2 atom stereocenters. The molecule has 0 aliphatic carbocycles. The summed E-state index contributed by atoms with van der Waals surface area (Å²) in [5, 5.41) is 41.1. The number of halogens is 2. The molecule has 0 amide bonds. The van der Waals surface area contributed by atoms with Crippen molar-refractivity contribution in [2.75, 3.05) is 20.8 Å². The fourth-order valence-electron chi connectivity index (χ4n) is 5.32. The molecular weight excluding hydrogens is 717 g/mol. The van der Waals surface area contributed by atoms with Crippen LogP contribution in [0.5, 0.6) is 23.5 Å². The number of carbonyl (C=O) groups is 2. The first kappa shape index (κ1) is 40.1. The Morgan fingerprint density at radius 3 is 1.73 bits per heavy atom. The number of hydrogen-bond donors (Lipinski definition) is 5. The first-order chi connectivity index (χ1) is 25.0. The van der Waals surface area contributed by atoms with Crippen LogP contribution in [0.2, 0.25) is 10.0 Å². The van der Waals surface area contributed by atoms with Crippen molar-refractivity contribution in [3.8, 4) is 34.6 Å². The molecule has 4 rings (SSSR count). The van der Waals surface area contributed by atoms with Gasteiger partial charge < -0.3 is 44.7 Å². The molecule has 0 aliphatic rings. The van der Waals surface area contributed by atoms with Gasteiger partial charge in [-0.2, -0.15) is 9.97 Å². The van der Waals surface area contributed by atoms with Gasteiger partial charge in [0.05, 0.1) is 49.3 Å². The molecule has 0 spiro atoms. The van der Waals surface area contributed by atoms with E-state index in [0.29, 0.717) is 87.2 Å². The lowest BCUT2D eigenvalue weighted by molar-refractivity contribution is -0.140. The van der Waals surface area contributed by atoms with E-state index >= 15 is 0 Å². The van der Waals surface area contributed by atoms with Gasteiger partial charge in [-0.15, -0.1) is 0 Å². The van der Waals surface area contributed by atoms with Gasteiger partial charge in [0.25, 0.3) is 0 Å². The molecule has 2 aromatic heterocycles. The molecule has 52 heavy (non-hydrogen) atoms. The second-order valence-corrected chi connectivity index (χ2v) is 12.6. The van der Waals surface area contributed by atoms with Gasteiger partial charge in [0.1, 0.15) is 13.2 Å². The molecule has 0 unspecified atom stereocenters. The summed E-state index contributed by atoms with van der Waals surface area (Å²) >= 11 is 13.8. The van der Waals surface area contributed by atoms with Crippen LogP contribution >= 0.6 is 23.2 Å². The SMILES string of the molecule is COc1nc(OCc2cccc(-c3cccc(COc4ccc(CNC[C@H](O)CC(=O)O)c(OC)n4)c3Cl)c2Cl)ccc1CCC[C@H](O)CC(=O)O. The number of rotatable bonds is 21. The van der Waals surface area contributed by atoms with Crippen molar-refractivity contribution in [2.24, 2.45) is 0 Å². The van der Waals surface area contributed by atoms with Crippen LogP contribution in [-0.4, -0.2) is 75.3 Å². The Bertz CT molecular complexity index is 1700. The molecule has 0 bridgehead atoms. The molecule has 0 fully saturated rings. The summed E-state index contributed by atoms with van der Waals surface area (Å²) in [5.74, 6) is -0.789. The third kappa shape index (κ3) is 11.7. The standard InChI is InChI=1S/C37H41Cl2N3O10/c1-49-36-22(6-3-9-26(43)16-32(45)46)12-14-30(41-36)51-20-24-7-4-10-28(34(24)38)29-11-5-8-25(35(29)39)21-52-31-15-13-23(37(42-31)50-2)18-40-19-27(44)17-33(47)48/h4-5,7-8,10-15,26-27,40,43-44H,3,6,9,16-21H2,1-2H3,(H,45,46)(H,47,48)/t26-,27+/m0/s1. The van der Waals surface area contributed by atoms with E-state index in [2.05, 4.69) is 15.3 Å². The summed E-state index contributed by atoms with van der Waals surface area (Å²) in [5.41, 5.74) is 4.31. The van der Waals surface area contributed by atoms with Crippen LogP contribution in [0.15, 0.2) is 60.7 Å². The minimum Gasteiger partial charge on any atom is -0.481 e. The highest BCUT2D eigenvalue weighted by atomic mass is 35.5. The van der Waals surface area contributed by atoms with Gasteiger partial charge in [-0.25, -0.2) is 0 Å². The van der Waals surface area contributed by atoms with Crippen LogP contribution in [0.25, 0.3) is 11.1 Å². The van der Waals surface area contributed by atoms with Crippen LogP contribution in [0.4, 0.5) is 0 Å². The van der Waals surface area contributed by atoms with E-state index in [0.717, 1.165) is 5.56 Å². The molecule has 15 heteroatoms. The van der Waals surface area contributed by atoms with Crippen LogP contribution in [0.1, 0.15) is 47.9 Å². The lowest BCUT2D eigenvalue weighted by Gasteiger charge is -2.15. The minimum absolute atomic E-state index is 0.0944. The Balaban J connectivity index is 1.39. The zero-order valence-electron chi connectivity index (χ0n) is 28.7. The molecule has 278 valence electrons. The van der Waals surface area contributed by atoms with Crippen molar-refractivity contribution in [3.05, 3.63) is 93.0 Å². The third-order valence-electron chi connectivity index (χ3n) is 7.91. The second kappa shape index (κ2) is 19.8. The number of carboxylic acid groups (broad SMARTS) is 2. The number of aliphatic carboxylic acids is 2. The van der Waals surface area contributed by atoms with Crippen molar-refractivity contribution in [2.45, 2.75) is 64.1 Å². The lowest BCUT2D eigenvalue weighted by atomic mass is 10.0. The molecule has 4 aromatic rings. The van der Waals surface area contributed by atoms with Gasteiger partial charge >= 0.3 is 11.9 Å². The highest BCUT2D eigenvalue weighted by Crippen LogP contribution is 2.37. The zero-order valence-corrected chi connectivity index (χ0v) is 30.2. The van der Waals surface area contributed by atoms with Crippen molar-refractivity contribution in [3.63, 3.8) is 0 Å². The number of aliphatic hydroxyl groups is 2. The number of hydrogen-bond acceptors (Lipinski definition) is 11. The quantitative estimate of drug-likeness (QED) is 0.0696. The monoisotopic (exact) mass is 757 g/mol. The number of ether oxygens (including phenoxy) is 4. The van der Waals surface area contributed by atoms with Crippen molar-refractivity contribution >= 4 is 35.1 Å². The highest BCUT2D eigenvalue weighted by molar-refractivity contribution is 6.37. The Kier molecular flexibility index (Phi) is 15.3. The molecule has 2 heterocycles. The summed E-state index contributed by atoms with van der Waals surface area (Å²) in [7, 11) is 2.98. The van der Waals surface area contributed by atoms with E-state index < -0.39 is 24.1 Å². The summed E-state index contributed by atoms with van der Waals surface area (Å²) in [6.07, 6.45) is -1.13. The average Bonchev–Trinajstić information content (AvgIpc) is 3.11. The second-order valence-electron chi connectivity index (χ2n) is 11.8. The van der Waals surface area contributed by atoms with Crippen LogP contribution in [-0.2, 0) is 35.8 Å². The maximum absolute atomic E-state index is 10.8. The zero-order chi connectivity index (χ0) is 37.6. The van der Waals surface area contributed by atoms with E-state index in [-0.39, 0.29) is 32.6 Å². The highest BCUT2D eigenvalue weighted by Gasteiger charge is 2.17. The van der Waals surface area contributed by atoms with Gasteiger partial charge in [0.2, 0.25) is 23.5 Å². The number of aliphatic hydroxyl groups excluding tert-OH is 2. The minimum atomic E-state index is -1.08. The molecule has 0 saturated carbocycles. The van der Waals surface area contributed by atoms with E-state index in [1.54, 1.807) is 18.2 Å². The molecular formula is C37H41Cl2N3O10. The maximum Gasteiger partial charge on any atom is 0.306 e. The first-order valence-corrected chi connectivity index (χ1v) is 17.1. The lowest BCUT2D eigenvalue weighted by Crippen LogP contribution is -2.28. The van der Waals surface area contributed by atoms with E-state index in [9.17, 15) is 19.8 Å². The van der Waals surface area contributed by atoms with Crippen LogP contribution < -0.4 is 24.3 Å². The maximum atomic E-state index is 10.8. The van der Waals surface area contributed by atoms with Gasteiger partial charge in [0.15, 0.2) is 0 Å². The van der Waals surface area contributed by atoms with Gasteiger partial charge in [-0.3, -0.25) is 9.59 Å². The number of aryl methyl sites for hydroxylation is 1. The summed E-state index contributed by atoms with van der Waals surface area (Å²) in [6.45, 7) is 0.617. The Hall–Kier alpha value is -4.66. The van der Waals surface area contributed by atoms with Crippen LogP contribution in [0.3, 0.4) is 0 Å². The van der Waals surface area contributed by atoms with E-state index in [1.165, 1.54) is 14.2 Å². The van der Waals surface area contributed by atoms with Crippen molar-refractivity contribution < 1.29 is 49.0 Å². The Labute approximate surface area is 311 Å². The molecule has 2 aromatic carbocycles. The van der Waals surface area contributed by atoms with Gasteiger partial charge in [-0.1, -0.05) is 59.6 Å². The topological polar surface area (TPSA) is 190 Å². The number of carboxylic acids is 2. The number of aromatic nitrogens is 2. The molecule has 0 saturated heterocycles. The summed E-state index contributed by atoms with van der Waals surface area (Å²) in [6, 6.07) is 18.1. The first-order valence-electron chi connectivity index (χ1n) is 16.4. The number of nitrogens with zero attached hydrogens (tertiary/aromatic N) is 2. The number of nitrogens with one attached hydrogen (secondary N) is 1. The Morgan fingerprint density at radius 1 is 0.712 bits per heavy atom. The van der Waals surface area contributed by atoms with Gasteiger partial charge in [-0.05, 0) is 31.4 Å². The number of benzene rings is 2. The molecule has 13 nitrogen and oxygen atoms in total. The van der Waals surface area contributed by atoms with Crippen LogP contribution in [0, 0.1) is 0 Å². The largest absolute Gasteiger partial charge is 0.481 e. The normalized spacial score (nSPS) is 12.2. The Morgan fingerprint density at radius 2 is 1.21 bits per heavy atom. The molecule has 0 aliphatic heterocycles. The fraction of sp³-hybridized carbons (Fsp3) is 0.351. The van der Waals surface area contributed by atoms with Crippen molar-refractivity contribution in [1.82, 2.24) is 15.3 Å². The summed E-state index contributed by atoms with van der Waals surface area (Å²) in [4.78, 5) is 30.4.